The fourth-order valence-corrected chi connectivity index (χ4v) is 1.38. The van der Waals surface area contributed by atoms with E-state index in [-0.39, 0.29) is 5.57 Å². The first-order chi connectivity index (χ1) is 8.69. The topological polar surface area (TPSA) is 64.9 Å². The van der Waals surface area contributed by atoms with E-state index < -0.39 is 5.91 Å². The molecule has 0 saturated carbocycles. The lowest BCUT2D eigenvalue weighted by atomic mass is 10.2. The van der Waals surface area contributed by atoms with Gasteiger partial charge >= 0.3 is 0 Å². The molecule has 5 heteroatoms. The minimum Gasteiger partial charge on any atom is -0.360 e. The zero-order valence-electron chi connectivity index (χ0n) is 10.0. The Kier molecular flexibility index (Phi) is 5.75. The number of aryl methyl sites for hydroxylation is 1. The third-order valence-electron chi connectivity index (χ3n) is 2.26. The van der Waals surface area contributed by atoms with E-state index in [4.69, 9.17) is 16.9 Å². The smallest absolute Gasteiger partial charge is 0.263 e. The molecule has 0 aliphatic carbocycles. The molecule has 0 aromatic heterocycles. The van der Waals surface area contributed by atoms with Crippen molar-refractivity contribution < 1.29 is 4.79 Å². The second-order valence-corrected chi connectivity index (χ2v) is 3.95. The van der Waals surface area contributed by atoms with Crippen LogP contribution in [0.1, 0.15) is 5.56 Å². The van der Waals surface area contributed by atoms with Crippen LogP contribution >= 0.6 is 11.6 Å². The van der Waals surface area contributed by atoms with Gasteiger partial charge in [0.15, 0.2) is 0 Å². The van der Waals surface area contributed by atoms with Crippen LogP contribution in [0.2, 0.25) is 0 Å². The molecule has 0 radical (unpaired) electrons. The van der Waals surface area contributed by atoms with Crippen molar-refractivity contribution >= 4 is 23.2 Å². The van der Waals surface area contributed by atoms with Crippen molar-refractivity contribution in [1.29, 1.82) is 5.26 Å². The Morgan fingerprint density at radius 1 is 1.50 bits per heavy atom. The number of nitrogens with one attached hydrogen (secondary N) is 2. The molecule has 1 amide bonds. The quantitative estimate of drug-likeness (QED) is 0.486. The molecule has 0 fully saturated rings. The molecule has 94 valence electrons. The lowest BCUT2D eigenvalue weighted by Crippen LogP contribution is -2.26. The van der Waals surface area contributed by atoms with Crippen LogP contribution in [-0.4, -0.2) is 18.3 Å². The van der Waals surface area contributed by atoms with Gasteiger partial charge in [-0.15, -0.1) is 11.6 Å². The van der Waals surface area contributed by atoms with E-state index >= 15 is 0 Å². The number of carbonyl (C=O) groups is 1. The predicted octanol–water partition coefficient (Wildman–Crippen LogP) is 2.17. The minimum atomic E-state index is -0.431. The number of benzene rings is 1. The number of carbonyl (C=O) groups excluding carboxylic acids is 1. The Morgan fingerprint density at radius 3 is 2.83 bits per heavy atom. The van der Waals surface area contributed by atoms with Gasteiger partial charge < -0.3 is 10.6 Å². The van der Waals surface area contributed by atoms with Crippen molar-refractivity contribution in [2.45, 2.75) is 6.92 Å². The van der Waals surface area contributed by atoms with Gasteiger partial charge in [-0.2, -0.15) is 5.26 Å². The van der Waals surface area contributed by atoms with Crippen LogP contribution in [0.5, 0.6) is 0 Å². The highest BCUT2D eigenvalue weighted by molar-refractivity contribution is 6.18. The van der Waals surface area contributed by atoms with Gasteiger partial charge in [-0.3, -0.25) is 4.79 Å². The number of nitriles is 1. The van der Waals surface area contributed by atoms with Crippen LogP contribution < -0.4 is 10.6 Å². The highest BCUT2D eigenvalue weighted by atomic mass is 35.5. The van der Waals surface area contributed by atoms with Crippen LogP contribution in [0.3, 0.4) is 0 Å². The minimum absolute atomic E-state index is 0.0170. The number of hydrogen-bond donors (Lipinski definition) is 2. The third kappa shape index (κ3) is 4.11. The number of rotatable bonds is 5. The van der Waals surface area contributed by atoms with Gasteiger partial charge in [0.05, 0.1) is 0 Å². The summed E-state index contributed by atoms with van der Waals surface area (Å²) in [6.45, 7) is 2.28. The molecule has 0 atom stereocenters. The summed E-state index contributed by atoms with van der Waals surface area (Å²) in [4.78, 5) is 11.5. The van der Waals surface area contributed by atoms with Gasteiger partial charge in [0, 0.05) is 24.3 Å². The fraction of sp³-hybridized carbons (Fsp3) is 0.231. The van der Waals surface area contributed by atoms with Crippen LogP contribution in [0.15, 0.2) is 36.0 Å². The van der Waals surface area contributed by atoms with Crippen molar-refractivity contribution in [1.82, 2.24) is 5.32 Å². The molecule has 0 aliphatic heterocycles. The molecule has 0 aliphatic rings. The van der Waals surface area contributed by atoms with E-state index in [1.165, 1.54) is 6.20 Å². The maximum Gasteiger partial charge on any atom is 0.263 e. The van der Waals surface area contributed by atoms with Gasteiger partial charge in [-0.25, -0.2) is 0 Å². The van der Waals surface area contributed by atoms with Crippen LogP contribution in [0.25, 0.3) is 0 Å². The standard InChI is InChI=1S/C13H14ClN3O/c1-10-4-2-3-5-12(10)17-9-11(8-15)13(18)16-7-6-14/h2-5,9,17H,6-7H2,1H3,(H,16,18)/b11-9-. The molecular weight excluding hydrogens is 250 g/mol. The second kappa shape index (κ2) is 7.36. The molecule has 4 nitrogen and oxygen atoms in total. The van der Waals surface area contributed by atoms with Crippen LogP contribution in [0, 0.1) is 18.3 Å². The number of halogens is 1. The predicted molar refractivity (Wildman–Crippen MR) is 72.2 cm³/mol. The first kappa shape index (κ1) is 14.1. The lowest BCUT2D eigenvalue weighted by Gasteiger charge is -2.06. The molecule has 0 saturated heterocycles. The number of anilines is 1. The highest BCUT2D eigenvalue weighted by Gasteiger charge is 2.07. The SMILES string of the molecule is Cc1ccccc1N/C=C(/C#N)C(=O)NCCCl. The summed E-state index contributed by atoms with van der Waals surface area (Å²) in [5.41, 5.74) is 1.91. The van der Waals surface area contributed by atoms with E-state index in [2.05, 4.69) is 10.6 Å². The molecule has 0 heterocycles. The normalized spacial score (nSPS) is 10.6. The largest absolute Gasteiger partial charge is 0.360 e. The molecule has 18 heavy (non-hydrogen) atoms. The molecule has 1 aromatic rings. The van der Waals surface area contributed by atoms with Crippen molar-refractivity contribution in [2.24, 2.45) is 0 Å². The molecule has 0 spiro atoms. The molecule has 0 bridgehead atoms. The molecule has 0 unspecified atom stereocenters. The number of para-hydroxylation sites is 1. The van der Waals surface area contributed by atoms with E-state index in [1.807, 2.05) is 37.3 Å². The summed E-state index contributed by atoms with van der Waals surface area (Å²) in [5, 5.41) is 14.4. The zero-order valence-corrected chi connectivity index (χ0v) is 10.8. The first-order valence-electron chi connectivity index (χ1n) is 5.45. The Balaban J connectivity index is 2.72. The maximum atomic E-state index is 11.5. The summed E-state index contributed by atoms with van der Waals surface area (Å²) < 4.78 is 0. The summed E-state index contributed by atoms with van der Waals surface area (Å²) in [6.07, 6.45) is 1.39. The van der Waals surface area contributed by atoms with Crippen molar-refractivity contribution in [3.63, 3.8) is 0 Å². The van der Waals surface area contributed by atoms with Crippen LogP contribution in [-0.2, 0) is 4.79 Å². The summed E-state index contributed by atoms with van der Waals surface area (Å²) in [5.74, 6) is -0.116. The van der Waals surface area contributed by atoms with E-state index in [0.29, 0.717) is 12.4 Å². The van der Waals surface area contributed by atoms with Crippen molar-refractivity contribution in [3.8, 4) is 6.07 Å². The highest BCUT2D eigenvalue weighted by Crippen LogP contribution is 2.13. The average Bonchev–Trinajstić information content (AvgIpc) is 2.39. The number of hydrogen-bond acceptors (Lipinski definition) is 3. The Morgan fingerprint density at radius 2 is 2.22 bits per heavy atom. The fourth-order valence-electron chi connectivity index (χ4n) is 1.29. The van der Waals surface area contributed by atoms with E-state index in [9.17, 15) is 4.79 Å². The third-order valence-corrected chi connectivity index (χ3v) is 2.45. The maximum absolute atomic E-state index is 11.5. The Hall–Kier alpha value is -1.99. The Labute approximate surface area is 111 Å². The molecule has 1 rings (SSSR count). The lowest BCUT2D eigenvalue weighted by molar-refractivity contribution is -0.117. The summed E-state index contributed by atoms with van der Waals surface area (Å²) in [6, 6.07) is 9.45. The van der Waals surface area contributed by atoms with Crippen LogP contribution in [0.4, 0.5) is 5.69 Å². The second-order valence-electron chi connectivity index (χ2n) is 3.57. The average molecular weight is 264 g/mol. The number of nitrogens with zero attached hydrogens (tertiary/aromatic N) is 1. The monoisotopic (exact) mass is 263 g/mol. The van der Waals surface area contributed by atoms with Gasteiger partial charge in [0.2, 0.25) is 0 Å². The Bertz CT molecular complexity index is 491. The summed E-state index contributed by atoms with van der Waals surface area (Å²) >= 11 is 5.45. The van der Waals surface area contributed by atoms with Gasteiger partial charge in [0.1, 0.15) is 11.6 Å². The molecular formula is C13H14ClN3O. The van der Waals surface area contributed by atoms with E-state index in [0.717, 1.165) is 11.3 Å². The van der Waals surface area contributed by atoms with Gasteiger partial charge in [-0.1, -0.05) is 18.2 Å². The molecule has 1 aromatic carbocycles. The van der Waals surface area contributed by atoms with Gasteiger partial charge in [-0.05, 0) is 18.6 Å². The zero-order chi connectivity index (χ0) is 13.4. The van der Waals surface area contributed by atoms with Crippen molar-refractivity contribution in [3.05, 3.63) is 41.6 Å². The van der Waals surface area contributed by atoms with Gasteiger partial charge in [0.25, 0.3) is 5.91 Å². The van der Waals surface area contributed by atoms with Crippen molar-refractivity contribution in [2.75, 3.05) is 17.7 Å². The molecule has 2 N–H and O–H groups in total. The van der Waals surface area contributed by atoms with E-state index in [1.54, 1.807) is 0 Å². The number of amides is 1. The first-order valence-corrected chi connectivity index (χ1v) is 5.99. The number of alkyl halides is 1. The summed E-state index contributed by atoms with van der Waals surface area (Å²) in [7, 11) is 0.